The summed E-state index contributed by atoms with van der Waals surface area (Å²) in [6.45, 7) is 6.10. The maximum Gasteiger partial charge on any atom is 0.123 e. The number of hydrogen-bond donors (Lipinski definition) is 0. The van der Waals surface area contributed by atoms with E-state index in [1.54, 1.807) is 6.07 Å². The average molecular weight is 274 g/mol. The number of halogens is 1. The summed E-state index contributed by atoms with van der Waals surface area (Å²) in [4.78, 5) is 2.44. The zero-order chi connectivity index (χ0) is 14.5. The van der Waals surface area contributed by atoms with Gasteiger partial charge in [0, 0.05) is 19.1 Å². The monoisotopic (exact) mass is 274 g/mol. The first-order valence-electron chi connectivity index (χ1n) is 7.52. The fourth-order valence-electron chi connectivity index (χ4n) is 3.10. The molecule has 0 unspecified atom stereocenters. The molecule has 2 nitrogen and oxygen atoms in total. The highest BCUT2D eigenvalue weighted by Crippen LogP contribution is 2.26. The van der Waals surface area contributed by atoms with Crippen molar-refractivity contribution in [3.8, 4) is 6.07 Å². The molecule has 0 N–H and O–H groups in total. The third-order valence-corrected chi connectivity index (χ3v) is 4.00. The second kappa shape index (κ2) is 6.85. The van der Waals surface area contributed by atoms with Gasteiger partial charge in [0.05, 0.1) is 11.6 Å². The van der Waals surface area contributed by atoms with Crippen LogP contribution in [0.2, 0.25) is 0 Å². The summed E-state index contributed by atoms with van der Waals surface area (Å²) in [6, 6.07) is 7.24. The van der Waals surface area contributed by atoms with E-state index in [9.17, 15) is 9.65 Å². The minimum Gasteiger partial charge on any atom is -0.296 e. The van der Waals surface area contributed by atoms with Crippen molar-refractivity contribution in [3.05, 3.63) is 35.1 Å². The van der Waals surface area contributed by atoms with Crippen molar-refractivity contribution in [2.45, 2.75) is 52.1 Å². The van der Waals surface area contributed by atoms with Crippen molar-refractivity contribution < 1.29 is 4.39 Å². The van der Waals surface area contributed by atoms with Gasteiger partial charge in [-0.2, -0.15) is 5.26 Å². The number of nitriles is 1. The molecule has 0 amide bonds. The third kappa shape index (κ3) is 3.80. The van der Waals surface area contributed by atoms with Crippen LogP contribution in [0.3, 0.4) is 0 Å². The van der Waals surface area contributed by atoms with Gasteiger partial charge in [0.2, 0.25) is 0 Å². The lowest BCUT2D eigenvalue weighted by molar-refractivity contribution is 0.168. The second-order valence-electron chi connectivity index (χ2n) is 6.17. The zero-order valence-electron chi connectivity index (χ0n) is 12.4. The van der Waals surface area contributed by atoms with Gasteiger partial charge in [-0.15, -0.1) is 0 Å². The summed E-state index contributed by atoms with van der Waals surface area (Å²) < 4.78 is 13.4. The molecular weight excluding hydrogens is 251 g/mol. The van der Waals surface area contributed by atoms with Crippen molar-refractivity contribution >= 4 is 0 Å². The van der Waals surface area contributed by atoms with Crippen LogP contribution in [-0.2, 0) is 6.54 Å². The van der Waals surface area contributed by atoms with Crippen LogP contribution in [0.4, 0.5) is 4.39 Å². The maximum absolute atomic E-state index is 13.4. The van der Waals surface area contributed by atoms with Crippen LogP contribution < -0.4 is 0 Å². The quantitative estimate of drug-likeness (QED) is 0.808. The molecule has 0 heterocycles. The lowest BCUT2D eigenvalue weighted by atomic mass is 10.0. The summed E-state index contributed by atoms with van der Waals surface area (Å²) in [5, 5.41) is 9.18. The molecule has 2 rings (SSSR count). The maximum atomic E-state index is 13.4. The van der Waals surface area contributed by atoms with E-state index in [1.165, 1.54) is 37.8 Å². The smallest absolute Gasteiger partial charge is 0.123 e. The van der Waals surface area contributed by atoms with Gasteiger partial charge in [-0.25, -0.2) is 4.39 Å². The fraction of sp³-hybridized carbons (Fsp3) is 0.588. The Labute approximate surface area is 121 Å². The normalized spacial score (nSPS) is 16.0. The highest BCUT2D eigenvalue weighted by Gasteiger charge is 2.24. The molecule has 1 fully saturated rings. The Morgan fingerprint density at radius 3 is 2.65 bits per heavy atom. The zero-order valence-corrected chi connectivity index (χ0v) is 12.4. The molecule has 1 aliphatic rings. The van der Waals surface area contributed by atoms with E-state index < -0.39 is 0 Å². The Bertz CT molecular complexity index is 484. The fourth-order valence-corrected chi connectivity index (χ4v) is 3.10. The molecule has 108 valence electrons. The summed E-state index contributed by atoms with van der Waals surface area (Å²) in [6.07, 6.45) is 5.02. The minimum absolute atomic E-state index is 0.255. The van der Waals surface area contributed by atoms with Crippen molar-refractivity contribution in [3.63, 3.8) is 0 Å². The first-order chi connectivity index (χ1) is 9.60. The Balaban J connectivity index is 2.18. The van der Waals surface area contributed by atoms with E-state index in [1.807, 2.05) is 0 Å². The number of hydrogen-bond acceptors (Lipinski definition) is 2. The predicted molar refractivity (Wildman–Crippen MR) is 78.6 cm³/mol. The molecule has 0 atom stereocenters. The van der Waals surface area contributed by atoms with Gasteiger partial charge in [-0.05, 0) is 42.5 Å². The van der Waals surface area contributed by atoms with E-state index in [-0.39, 0.29) is 5.82 Å². The summed E-state index contributed by atoms with van der Waals surface area (Å²) in [5.41, 5.74) is 1.42. The number of benzene rings is 1. The number of rotatable bonds is 5. The van der Waals surface area contributed by atoms with Gasteiger partial charge in [-0.1, -0.05) is 26.7 Å². The Kier molecular flexibility index (Phi) is 5.14. The Morgan fingerprint density at radius 2 is 2.05 bits per heavy atom. The lowest BCUT2D eigenvalue weighted by Crippen LogP contribution is -2.35. The highest BCUT2D eigenvalue weighted by atomic mass is 19.1. The van der Waals surface area contributed by atoms with Crippen molar-refractivity contribution in [2.75, 3.05) is 6.54 Å². The van der Waals surface area contributed by atoms with Gasteiger partial charge >= 0.3 is 0 Å². The molecule has 1 aromatic rings. The lowest BCUT2D eigenvalue weighted by Gasteiger charge is -2.30. The van der Waals surface area contributed by atoms with Crippen LogP contribution in [-0.4, -0.2) is 17.5 Å². The minimum atomic E-state index is -0.255. The topological polar surface area (TPSA) is 27.0 Å². The van der Waals surface area contributed by atoms with Crippen molar-refractivity contribution in [1.82, 2.24) is 4.90 Å². The number of nitrogens with zero attached hydrogens (tertiary/aromatic N) is 2. The molecular formula is C17H23FN2. The summed E-state index contributed by atoms with van der Waals surface area (Å²) >= 11 is 0. The standard InChI is InChI=1S/C17H23FN2/c1-13(2)11-20(17-5-3-4-6-17)12-15-9-16(18)8-7-14(15)10-19/h7-9,13,17H,3-6,11-12H2,1-2H3. The van der Waals surface area contributed by atoms with Gasteiger partial charge in [0.15, 0.2) is 0 Å². The van der Waals surface area contributed by atoms with Gasteiger partial charge in [0.25, 0.3) is 0 Å². The van der Waals surface area contributed by atoms with Gasteiger partial charge in [0.1, 0.15) is 5.82 Å². The van der Waals surface area contributed by atoms with Gasteiger partial charge in [-0.3, -0.25) is 4.90 Å². The van der Waals surface area contributed by atoms with Crippen LogP contribution in [0.1, 0.15) is 50.7 Å². The van der Waals surface area contributed by atoms with E-state index >= 15 is 0 Å². The molecule has 0 aromatic heterocycles. The largest absolute Gasteiger partial charge is 0.296 e. The van der Waals surface area contributed by atoms with Crippen molar-refractivity contribution in [1.29, 1.82) is 5.26 Å². The summed E-state index contributed by atoms with van der Waals surface area (Å²) in [5.74, 6) is 0.324. The van der Waals surface area contributed by atoms with Crippen LogP contribution in [0.25, 0.3) is 0 Å². The molecule has 20 heavy (non-hydrogen) atoms. The van der Waals surface area contributed by atoms with Crippen LogP contribution in [0.15, 0.2) is 18.2 Å². The molecule has 1 aromatic carbocycles. The molecule has 0 spiro atoms. The molecule has 3 heteroatoms. The average Bonchev–Trinajstić information content (AvgIpc) is 2.91. The molecule has 0 aliphatic heterocycles. The van der Waals surface area contributed by atoms with Gasteiger partial charge < -0.3 is 0 Å². The second-order valence-corrected chi connectivity index (χ2v) is 6.17. The molecule has 0 bridgehead atoms. The van der Waals surface area contributed by atoms with Crippen LogP contribution in [0.5, 0.6) is 0 Å². The van der Waals surface area contributed by atoms with Crippen molar-refractivity contribution in [2.24, 2.45) is 5.92 Å². The van der Waals surface area contributed by atoms with E-state index in [4.69, 9.17) is 0 Å². The molecule has 0 radical (unpaired) electrons. The molecule has 1 saturated carbocycles. The molecule has 0 saturated heterocycles. The third-order valence-electron chi connectivity index (χ3n) is 4.00. The Hall–Kier alpha value is -1.40. The SMILES string of the molecule is CC(C)CN(Cc1cc(F)ccc1C#N)C1CCCC1. The predicted octanol–water partition coefficient (Wildman–Crippen LogP) is 4.10. The summed E-state index contributed by atoms with van der Waals surface area (Å²) in [7, 11) is 0. The highest BCUT2D eigenvalue weighted by molar-refractivity contribution is 5.37. The van der Waals surface area contributed by atoms with Crippen LogP contribution in [0, 0.1) is 23.1 Å². The van der Waals surface area contributed by atoms with E-state index in [2.05, 4.69) is 24.8 Å². The van der Waals surface area contributed by atoms with Crippen LogP contribution >= 0.6 is 0 Å². The van der Waals surface area contributed by atoms with E-state index in [0.717, 1.165) is 12.1 Å². The van der Waals surface area contributed by atoms with E-state index in [0.29, 0.717) is 24.1 Å². The first kappa shape index (κ1) is 15.0. The first-order valence-corrected chi connectivity index (χ1v) is 7.52. The Morgan fingerprint density at radius 1 is 1.35 bits per heavy atom. The molecule has 1 aliphatic carbocycles.